The molecular formula is C13H28N2. The Kier molecular flexibility index (Phi) is 5.07. The van der Waals surface area contributed by atoms with Gasteiger partial charge in [0.05, 0.1) is 0 Å². The topological polar surface area (TPSA) is 15.3 Å². The molecule has 0 aromatic carbocycles. The van der Waals surface area contributed by atoms with Gasteiger partial charge in [-0.05, 0) is 51.7 Å². The van der Waals surface area contributed by atoms with Crippen molar-refractivity contribution in [3.63, 3.8) is 0 Å². The molecule has 0 aromatic rings. The fraction of sp³-hybridized carbons (Fsp3) is 1.00. The van der Waals surface area contributed by atoms with Crippen molar-refractivity contribution in [2.24, 2.45) is 5.41 Å². The predicted octanol–water partition coefficient (Wildman–Crippen LogP) is 2.50. The highest BCUT2D eigenvalue weighted by Gasteiger charge is 2.32. The zero-order valence-corrected chi connectivity index (χ0v) is 11.0. The van der Waals surface area contributed by atoms with Crippen LogP contribution in [0.3, 0.4) is 0 Å². The molecular weight excluding hydrogens is 184 g/mol. The molecule has 1 atom stereocenters. The van der Waals surface area contributed by atoms with E-state index >= 15 is 0 Å². The van der Waals surface area contributed by atoms with Crippen LogP contribution < -0.4 is 5.32 Å². The summed E-state index contributed by atoms with van der Waals surface area (Å²) in [5, 5.41) is 3.37. The van der Waals surface area contributed by atoms with Gasteiger partial charge >= 0.3 is 0 Å². The standard InChI is InChI=1S/C13H28N2/c1-5-12(14-3)7-10-15(4)11-13(2)8-6-9-13/h12,14H,5-11H2,1-4H3. The summed E-state index contributed by atoms with van der Waals surface area (Å²) in [5.74, 6) is 0. The third kappa shape index (κ3) is 4.12. The maximum absolute atomic E-state index is 3.37. The van der Waals surface area contributed by atoms with Crippen molar-refractivity contribution in [1.29, 1.82) is 0 Å². The lowest BCUT2D eigenvalue weighted by molar-refractivity contribution is 0.0972. The molecule has 1 aliphatic rings. The van der Waals surface area contributed by atoms with Gasteiger partial charge in [-0.25, -0.2) is 0 Å². The van der Waals surface area contributed by atoms with Crippen LogP contribution in [0.5, 0.6) is 0 Å². The first-order valence-electron chi connectivity index (χ1n) is 6.45. The Hall–Kier alpha value is -0.0800. The molecule has 0 heterocycles. The van der Waals surface area contributed by atoms with Crippen LogP contribution in [0.25, 0.3) is 0 Å². The lowest BCUT2D eigenvalue weighted by Gasteiger charge is -2.41. The van der Waals surface area contributed by atoms with Crippen molar-refractivity contribution in [3.05, 3.63) is 0 Å². The van der Waals surface area contributed by atoms with Gasteiger partial charge in [0.15, 0.2) is 0 Å². The van der Waals surface area contributed by atoms with Gasteiger partial charge in [0.2, 0.25) is 0 Å². The minimum atomic E-state index is 0.635. The van der Waals surface area contributed by atoms with E-state index in [0.717, 1.165) is 0 Å². The summed E-state index contributed by atoms with van der Waals surface area (Å²) in [5.41, 5.74) is 0.635. The van der Waals surface area contributed by atoms with Crippen molar-refractivity contribution >= 4 is 0 Å². The van der Waals surface area contributed by atoms with E-state index in [2.05, 4.69) is 38.2 Å². The largest absolute Gasteiger partial charge is 0.317 e. The van der Waals surface area contributed by atoms with Crippen LogP contribution in [0.4, 0.5) is 0 Å². The van der Waals surface area contributed by atoms with E-state index in [4.69, 9.17) is 0 Å². The number of nitrogens with zero attached hydrogens (tertiary/aromatic N) is 1. The Labute approximate surface area is 95.4 Å². The third-order valence-corrected chi connectivity index (χ3v) is 3.97. The second-order valence-electron chi connectivity index (χ2n) is 5.58. The lowest BCUT2D eigenvalue weighted by Crippen LogP contribution is -2.40. The van der Waals surface area contributed by atoms with Gasteiger partial charge in [-0.1, -0.05) is 20.3 Å². The van der Waals surface area contributed by atoms with Gasteiger partial charge < -0.3 is 10.2 Å². The Balaban J connectivity index is 2.15. The number of hydrogen-bond acceptors (Lipinski definition) is 2. The van der Waals surface area contributed by atoms with Crippen LogP contribution >= 0.6 is 0 Å². The zero-order chi connectivity index (χ0) is 11.3. The molecule has 1 fully saturated rings. The SMILES string of the molecule is CCC(CCN(C)CC1(C)CCC1)NC. The van der Waals surface area contributed by atoms with Crippen LogP contribution in [0.1, 0.15) is 46.0 Å². The molecule has 0 aliphatic heterocycles. The van der Waals surface area contributed by atoms with E-state index in [-0.39, 0.29) is 0 Å². The molecule has 1 aliphatic carbocycles. The normalized spacial score (nSPS) is 21.4. The van der Waals surface area contributed by atoms with Crippen LogP contribution in [-0.4, -0.2) is 38.1 Å². The third-order valence-electron chi connectivity index (χ3n) is 3.97. The molecule has 1 saturated carbocycles. The minimum absolute atomic E-state index is 0.635. The Morgan fingerprint density at radius 2 is 2.07 bits per heavy atom. The van der Waals surface area contributed by atoms with E-state index in [1.807, 2.05) is 0 Å². The number of nitrogens with one attached hydrogen (secondary N) is 1. The molecule has 1 N–H and O–H groups in total. The highest BCUT2D eigenvalue weighted by Crippen LogP contribution is 2.40. The molecule has 2 nitrogen and oxygen atoms in total. The summed E-state index contributed by atoms with van der Waals surface area (Å²) >= 11 is 0. The molecule has 0 bridgehead atoms. The number of hydrogen-bond donors (Lipinski definition) is 1. The average Bonchev–Trinajstić information content (AvgIpc) is 2.17. The second-order valence-corrected chi connectivity index (χ2v) is 5.58. The van der Waals surface area contributed by atoms with Crippen molar-refractivity contribution in [3.8, 4) is 0 Å². The quantitative estimate of drug-likeness (QED) is 0.697. The molecule has 90 valence electrons. The fourth-order valence-electron chi connectivity index (χ4n) is 2.60. The van der Waals surface area contributed by atoms with E-state index in [1.54, 1.807) is 0 Å². The molecule has 2 heteroatoms. The van der Waals surface area contributed by atoms with Crippen molar-refractivity contribution < 1.29 is 0 Å². The molecule has 0 radical (unpaired) electrons. The highest BCUT2D eigenvalue weighted by molar-refractivity contribution is 4.85. The molecule has 0 amide bonds. The average molecular weight is 212 g/mol. The van der Waals surface area contributed by atoms with Crippen molar-refractivity contribution in [1.82, 2.24) is 10.2 Å². The van der Waals surface area contributed by atoms with Gasteiger partial charge in [0.25, 0.3) is 0 Å². The Bertz CT molecular complexity index is 171. The van der Waals surface area contributed by atoms with Gasteiger partial charge in [0, 0.05) is 12.6 Å². The maximum Gasteiger partial charge on any atom is 0.00736 e. The molecule has 1 unspecified atom stereocenters. The Morgan fingerprint density at radius 1 is 1.40 bits per heavy atom. The van der Waals surface area contributed by atoms with Gasteiger partial charge in [0.1, 0.15) is 0 Å². The second kappa shape index (κ2) is 5.86. The molecule has 0 aromatic heterocycles. The molecule has 15 heavy (non-hydrogen) atoms. The van der Waals surface area contributed by atoms with Crippen molar-refractivity contribution in [2.75, 3.05) is 27.2 Å². The predicted molar refractivity (Wildman–Crippen MR) is 67.2 cm³/mol. The zero-order valence-electron chi connectivity index (χ0n) is 11.0. The van der Waals surface area contributed by atoms with E-state index in [1.165, 1.54) is 45.2 Å². The number of rotatable bonds is 7. The summed E-state index contributed by atoms with van der Waals surface area (Å²) in [6.45, 7) is 7.21. The summed E-state index contributed by atoms with van der Waals surface area (Å²) in [7, 11) is 4.34. The minimum Gasteiger partial charge on any atom is -0.317 e. The Morgan fingerprint density at radius 3 is 2.47 bits per heavy atom. The first-order chi connectivity index (χ1) is 7.09. The first kappa shape index (κ1) is 13.0. The van der Waals surface area contributed by atoms with Crippen LogP contribution in [0.2, 0.25) is 0 Å². The molecule has 1 rings (SSSR count). The van der Waals surface area contributed by atoms with Gasteiger partial charge in [-0.3, -0.25) is 0 Å². The molecule has 0 saturated heterocycles. The van der Waals surface area contributed by atoms with Gasteiger partial charge in [-0.15, -0.1) is 0 Å². The first-order valence-corrected chi connectivity index (χ1v) is 6.45. The smallest absolute Gasteiger partial charge is 0.00736 e. The van der Waals surface area contributed by atoms with Gasteiger partial charge in [-0.2, -0.15) is 0 Å². The van der Waals surface area contributed by atoms with Crippen LogP contribution in [0.15, 0.2) is 0 Å². The van der Waals surface area contributed by atoms with Crippen molar-refractivity contribution in [2.45, 2.75) is 52.0 Å². The van der Waals surface area contributed by atoms with E-state index < -0.39 is 0 Å². The summed E-state index contributed by atoms with van der Waals surface area (Å²) in [6, 6.07) is 0.696. The van der Waals surface area contributed by atoms with Crippen LogP contribution in [0, 0.1) is 5.41 Å². The van der Waals surface area contributed by atoms with Crippen LogP contribution in [-0.2, 0) is 0 Å². The summed E-state index contributed by atoms with van der Waals surface area (Å²) in [4.78, 5) is 2.51. The summed E-state index contributed by atoms with van der Waals surface area (Å²) < 4.78 is 0. The maximum atomic E-state index is 3.37. The van der Waals surface area contributed by atoms with E-state index in [0.29, 0.717) is 11.5 Å². The highest BCUT2D eigenvalue weighted by atomic mass is 15.1. The summed E-state index contributed by atoms with van der Waals surface area (Å²) in [6.07, 6.45) is 6.82. The van der Waals surface area contributed by atoms with E-state index in [9.17, 15) is 0 Å². The molecule has 0 spiro atoms. The monoisotopic (exact) mass is 212 g/mol. The fourth-order valence-corrected chi connectivity index (χ4v) is 2.60. The lowest BCUT2D eigenvalue weighted by atomic mass is 9.70.